The van der Waals surface area contributed by atoms with Crippen molar-refractivity contribution in [3.05, 3.63) is 72.9 Å². The molecule has 0 saturated carbocycles. The molecule has 1 heterocycles. The Morgan fingerprint density at radius 2 is 0.908 bits per heavy atom. The van der Waals surface area contributed by atoms with Gasteiger partial charge >= 0.3 is 5.97 Å². The number of rotatable bonds is 52. The molecule has 1 amide bonds. The summed E-state index contributed by atoms with van der Waals surface area (Å²) < 4.78 is 17.6. The smallest absolute Gasteiger partial charge is 0.306 e. The molecule has 440 valence electrons. The molecule has 0 aromatic carbocycles. The first-order valence-corrected chi connectivity index (χ1v) is 31.2. The van der Waals surface area contributed by atoms with E-state index < -0.39 is 67.4 Å². The Bertz CT molecular complexity index is 1510. The van der Waals surface area contributed by atoms with Gasteiger partial charge in [0.15, 0.2) is 12.4 Å². The molecule has 6 N–H and O–H groups in total. The molecule has 1 aliphatic rings. The number of aliphatic hydroxyl groups excluding tert-OH is 5. The summed E-state index contributed by atoms with van der Waals surface area (Å²) in [6, 6.07) is -1.05. The zero-order valence-electron chi connectivity index (χ0n) is 48.6. The Hall–Kier alpha value is -2.90. The van der Waals surface area contributed by atoms with Gasteiger partial charge in [-0.05, 0) is 89.9 Å². The first-order chi connectivity index (χ1) is 37.2. The number of ether oxygens (including phenoxy) is 3. The van der Waals surface area contributed by atoms with E-state index in [1.807, 2.05) is 18.2 Å². The van der Waals surface area contributed by atoms with Gasteiger partial charge in [0.2, 0.25) is 5.91 Å². The third-order valence-electron chi connectivity index (χ3n) is 14.3. The van der Waals surface area contributed by atoms with Crippen molar-refractivity contribution in [1.29, 1.82) is 0 Å². The maximum atomic E-state index is 13.4. The SMILES string of the molecule is CCCCC/C=C\C/C=C\C/C=C\C/C=C\CCC(O)C(=O)NC(COC1OC(CO)C(O)C(O)C1OC(=O)CCCCCCCCCCC/C=C/CCCCCCCC)C(O)/C=C/CCCCCCCCCCCC. The van der Waals surface area contributed by atoms with E-state index >= 15 is 0 Å². The average Bonchev–Trinajstić information content (AvgIpc) is 3.42. The second-order valence-electron chi connectivity index (χ2n) is 21.4. The van der Waals surface area contributed by atoms with Gasteiger partial charge in [0, 0.05) is 6.42 Å². The second-order valence-corrected chi connectivity index (χ2v) is 21.4. The summed E-state index contributed by atoms with van der Waals surface area (Å²) in [6.07, 6.45) is 56.6. The van der Waals surface area contributed by atoms with Gasteiger partial charge in [-0.2, -0.15) is 0 Å². The maximum absolute atomic E-state index is 13.4. The Morgan fingerprint density at radius 3 is 1.39 bits per heavy atom. The van der Waals surface area contributed by atoms with Crippen LogP contribution in [0, 0.1) is 0 Å². The van der Waals surface area contributed by atoms with Crippen LogP contribution in [-0.2, 0) is 23.8 Å². The van der Waals surface area contributed by atoms with Crippen molar-refractivity contribution >= 4 is 11.9 Å². The van der Waals surface area contributed by atoms with Crippen molar-refractivity contribution in [1.82, 2.24) is 5.32 Å². The molecule has 1 saturated heterocycles. The topological polar surface area (TPSA) is 175 Å². The van der Waals surface area contributed by atoms with E-state index in [0.717, 1.165) is 70.6 Å². The van der Waals surface area contributed by atoms with Gasteiger partial charge in [-0.3, -0.25) is 9.59 Å². The molecule has 0 bridgehead atoms. The summed E-state index contributed by atoms with van der Waals surface area (Å²) in [7, 11) is 0. The first-order valence-electron chi connectivity index (χ1n) is 31.2. The molecule has 1 fully saturated rings. The lowest BCUT2D eigenvalue weighted by Crippen LogP contribution is -2.61. The molecule has 11 heteroatoms. The highest BCUT2D eigenvalue weighted by atomic mass is 16.7. The average molecular weight is 1070 g/mol. The predicted molar refractivity (Wildman–Crippen MR) is 315 cm³/mol. The van der Waals surface area contributed by atoms with Gasteiger partial charge in [0.1, 0.15) is 24.4 Å². The normalized spacial score (nSPS) is 19.6. The minimum atomic E-state index is -1.63. The summed E-state index contributed by atoms with van der Waals surface area (Å²) in [5.74, 6) is -1.26. The zero-order chi connectivity index (χ0) is 55.4. The highest BCUT2D eigenvalue weighted by Gasteiger charge is 2.47. The van der Waals surface area contributed by atoms with Gasteiger partial charge in [0.05, 0.1) is 25.4 Å². The van der Waals surface area contributed by atoms with Gasteiger partial charge in [-0.25, -0.2) is 0 Å². The standard InChI is InChI=1S/C65H115NO10/c1-4-7-10-13-16-19-22-25-27-29-30-31-33-35-38-41-44-47-50-53-60(70)76-63-62(72)61(71)59(54-67)75-65(63)74-55-56(57(68)51-48-45-42-39-36-24-21-18-15-12-9-6-3)66-64(73)58(69)52-49-46-43-40-37-34-32-28-26-23-20-17-14-11-8-5-2/h17,20,25-28,34,37,43,46,48,51,56-59,61-63,65,67-69,71-72H,4-16,18-19,21-24,29-33,35-36,38-42,44-45,47,49-50,52-55H2,1-3H3,(H,66,73)/b20-17-,27-25+,28-26-,37-34-,46-43-,51-48+. The highest BCUT2D eigenvalue weighted by molar-refractivity contribution is 5.80. The molecule has 1 rings (SSSR count). The van der Waals surface area contributed by atoms with Crippen LogP contribution in [0.3, 0.4) is 0 Å². The van der Waals surface area contributed by atoms with Crippen LogP contribution in [-0.4, -0.2) is 99.6 Å². The van der Waals surface area contributed by atoms with E-state index in [9.17, 15) is 35.1 Å². The van der Waals surface area contributed by atoms with Crippen molar-refractivity contribution in [3.8, 4) is 0 Å². The number of esters is 1. The summed E-state index contributed by atoms with van der Waals surface area (Å²) in [5, 5.41) is 56.9. The molecule has 11 nitrogen and oxygen atoms in total. The summed E-state index contributed by atoms with van der Waals surface area (Å²) in [5.41, 5.74) is 0. The third kappa shape index (κ3) is 40.3. The molecule has 1 aliphatic heterocycles. The predicted octanol–water partition coefficient (Wildman–Crippen LogP) is 14.8. The molecular weight excluding hydrogens is 955 g/mol. The Labute approximate surface area is 464 Å². The van der Waals surface area contributed by atoms with E-state index in [4.69, 9.17) is 14.2 Å². The van der Waals surface area contributed by atoms with Crippen LogP contribution >= 0.6 is 0 Å². The fourth-order valence-corrected chi connectivity index (χ4v) is 9.34. The van der Waals surface area contributed by atoms with Crippen molar-refractivity contribution < 1.29 is 49.3 Å². The van der Waals surface area contributed by atoms with Crippen LogP contribution in [0.15, 0.2) is 72.9 Å². The summed E-state index contributed by atoms with van der Waals surface area (Å²) >= 11 is 0. The van der Waals surface area contributed by atoms with E-state index in [0.29, 0.717) is 12.8 Å². The number of carbonyl (C=O) groups excluding carboxylic acids is 2. The number of aliphatic hydroxyl groups is 5. The van der Waals surface area contributed by atoms with Crippen LogP contribution in [0.2, 0.25) is 0 Å². The fraction of sp³-hybridized carbons (Fsp3) is 0.785. The number of unbranched alkanes of at least 4 members (excludes halogenated alkanes) is 28. The molecular formula is C65H115NO10. The van der Waals surface area contributed by atoms with Crippen LogP contribution in [0.1, 0.15) is 265 Å². The van der Waals surface area contributed by atoms with Gasteiger partial charge < -0.3 is 45.1 Å². The lowest BCUT2D eigenvalue weighted by atomic mass is 9.99. The van der Waals surface area contributed by atoms with E-state index in [1.165, 1.54) is 148 Å². The molecule has 8 unspecified atom stereocenters. The molecule has 8 atom stereocenters. The zero-order valence-corrected chi connectivity index (χ0v) is 48.6. The number of nitrogens with one attached hydrogen (secondary N) is 1. The second kappa shape index (κ2) is 52.8. The van der Waals surface area contributed by atoms with Crippen molar-refractivity contribution in [2.24, 2.45) is 0 Å². The van der Waals surface area contributed by atoms with Crippen LogP contribution in [0.4, 0.5) is 0 Å². The fourth-order valence-electron chi connectivity index (χ4n) is 9.34. The van der Waals surface area contributed by atoms with E-state index in [-0.39, 0.29) is 19.4 Å². The molecule has 0 spiro atoms. The molecule has 76 heavy (non-hydrogen) atoms. The molecule has 0 aliphatic carbocycles. The van der Waals surface area contributed by atoms with Gasteiger partial charge in [-0.1, -0.05) is 241 Å². The number of hydrogen-bond donors (Lipinski definition) is 6. The lowest BCUT2D eigenvalue weighted by molar-refractivity contribution is -0.305. The minimum absolute atomic E-state index is 0.113. The number of amides is 1. The van der Waals surface area contributed by atoms with Gasteiger partial charge in [-0.15, -0.1) is 0 Å². The van der Waals surface area contributed by atoms with Crippen molar-refractivity contribution in [2.45, 2.75) is 314 Å². The van der Waals surface area contributed by atoms with Crippen LogP contribution in [0.5, 0.6) is 0 Å². The maximum Gasteiger partial charge on any atom is 0.306 e. The van der Waals surface area contributed by atoms with Crippen LogP contribution in [0.25, 0.3) is 0 Å². The summed E-state index contributed by atoms with van der Waals surface area (Å²) in [6.45, 7) is 5.72. The Balaban J connectivity index is 2.71. The summed E-state index contributed by atoms with van der Waals surface area (Å²) in [4.78, 5) is 26.5. The van der Waals surface area contributed by atoms with Gasteiger partial charge in [0.25, 0.3) is 0 Å². The molecule has 0 aromatic heterocycles. The Kier molecular flexibility index (Phi) is 49.4. The van der Waals surface area contributed by atoms with Crippen LogP contribution < -0.4 is 5.32 Å². The third-order valence-corrected chi connectivity index (χ3v) is 14.3. The highest BCUT2D eigenvalue weighted by Crippen LogP contribution is 2.26. The van der Waals surface area contributed by atoms with Crippen molar-refractivity contribution in [3.63, 3.8) is 0 Å². The van der Waals surface area contributed by atoms with E-state index in [2.05, 4.69) is 74.7 Å². The monoisotopic (exact) mass is 1070 g/mol. The van der Waals surface area contributed by atoms with E-state index in [1.54, 1.807) is 6.08 Å². The number of carbonyl (C=O) groups is 2. The largest absolute Gasteiger partial charge is 0.454 e. The number of allylic oxidation sites excluding steroid dienone is 11. The number of hydrogen-bond acceptors (Lipinski definition) is 10. The minimum Gasteiger partial charge on any atom is -0.454 e. The lowest BCUT2D eigenvalue weighted by Gasteiger charge is -2.41. The Morgan fingerprint density at radius 1 is 0.513 bits per heavy atom. The molecule has 0 radical (unpaired) electrons. The first kappa shape index (κ1) is 71.1. The molecule has 0 aromatic rings. The van der Waals surface area contributed by atoms with Crippen molar-refractivity contribution in [2.75, 3.05) is 13.2 Å². The quantitative estimate of drug-likeness (QED) is 0.0195.